The van der Waals surface area contributed by atoms with Crippen molar-refractivity contribution in [3.05, 3.63) is 12.3 Å². The maximum atomic E-state index is 5.90. The monoisotopic (exact) mass is 248 g/mol. The zero-order chi connectivity index (χ0) is 12.5. The Bertz CT molecular complexity index is 539. The van der Waals surface area contributed by atoms with Gasteiger partial charge >= 0.3 is 0 Å². The van der Waals surface area contributed by atoms with Gasteiger partial charge in [-0.1, -0.05) is 5.21 Å². The third-order valence-electron chi connectivity index (χ3n) is 3.23. The second-order valence-electron chi connectivity index (χ2n) is 4.48. The van der Waals surface area contributed by atoms with Crippen molar-refractivity contribution >= 4 is 5.82 Å². The van der Waals surface area contributed by atoms with Crippen molar-refractivity contribution in [2.24, 2.45) is 7.05 Å². The number of ether oxygens (including phenoxy) is 1. The molecule has 1 unspecified atom stereocenters. The van der Waals surface area contributed by atoms with E-state index in [1.54, 1.807) is 10.9 Å². The third-order valence-corrected chi connectivity index (χ3v) is 3.23. The average Bonchev–Trinajstić information content (AvgIpc) is 3.04. The normalized spacial score (nSPS) is 19.5. The number of nitrogen functional groups attached to an aromatic ring is 1. The summed E-state index contributed by atoms with van der Waals surface area (Å²) < 4.78 is 9.19. The van der Waals surface area contributed by atoms with Crippen molar-refractivity contribution in [1.29, 1.82) is 0 Å². The van der Waals surface area contributed by atoms with Crippen LogP contribution in [0.2, 0.25) is 0 Å². The Labute approximate surface area is 105 Å². The highest BCUT2D eigenvalue weighted by Gasteiger charge is 2.21. The van der Waals surface area contributed by atoms with Gasteiger partial charge in [0.15, 0.2) is 5.82 Å². The molecule has 2 N–H and O–H groups in total. The van der Waals surface area contributed by atoms with Crippen LogP contribution < -0.4 is 5.73 Å². The van der Waals surface area contributed by atoms with Crippen molar-refractivity contribution in [2.45, 2.75) is 25.5 Å². The predicted octanol–water partition coefficient (Wildman–Crippen LogP) is 0.440. The zero-order valence-corrected chi connectivity index (χ0v) is 10.3. The predicted molar refractivity (Wildman–Crippen MR) is 65.6 cm³/mol. The SMILES string of the molecule is Cn1nccc1-c1c(N)nnn1CC1CCCO1. The number of hydrogen-bond donors (Lipinski definition) is 1. The molecule has 7 nitrogen and oxygen atoms in total. The van der Waals surface area contributed by atoms with Gasteiger partial charge in [-0.2, -0.15) is 5.10 Å². The lowest BCUT2D eigenvalue weighted by Crippen LogP contribution is -2.17. The quantitative estimate of drug-likeness (QED) is 0.852. The molecule has 1 saturated heterocycles. The highest BCUT2D eigenvalue weighted by atomic mass is 16.5. The summed E-state index contributed by atoms with van der Waals surface area (Å²) in [6.45, 7) is 1.51. The molecule has 96 valence electrons. The highest BCUT2D eigenvalue weighted by molar-refractivity contribution is 5.66. The van der Waals surface area contributed by atoms with Crippen LogP contribution in [-0.2, 0) is 18.3 Å². The maximum absolute atomic E-state index is 5.90. The Balaban J connectivity index is 1.93. The lowest BCUT2D eigenvalue weighted by atomic mass is 10.2. The van der Waals surface area contributed by atoms with Crippen molar-refractivity contribution < 1.29 is 4.74 Å². The first-order valence-corrected chi connectivity index (χ1v) is 6.04. The molecule has 0 saturated carbocycles. The van der Waals surface area contributed by atoms with E-state index in [0.29, 0.717) is 12.4 Å². The molecule has 2 aromatic heterocycles. The summed E-state index contributed by atoms with van der Waals surface area (Å²) in [5.74, 6) is 0.427. The molecular formula is C11H16N6O. The minimum absolute atomic E-state index is 0.207. The largest absolute Gasteiger partial charge is 0.380 e. The molecule has 1 aliphatic heterocycles. The molecule has 18 heavy (non-hydrogen) atoms. The Morgan fingerprint density at radius 2 is 2.44 bits per heavy atom. The number of hydrogen-bond acceptors (Lipinski definition) is 5. The van der Waals surface area contributed by atoms with E-state index >= 15 is 0 Å². The third kappa shape index (κ3) is 1.86. The molecule has 3 rings (SSSR count). The molecule has 1 fully saturated rings. The molecule has 0 bridgehead atoms. The van der Waals surface area contributed by atoms with E-state index in [0.717, 1.165) is 30.8 Å². The molecule has 0 spiro atoms. The van der Waals surface area contributed by atoms with E-state index in [2.05, 4.69) is 15.4 Å². The van der Waals surface area contributed by atoms with Crippen LogP contribution in [-0.4, -0.2) is 37.5 Å². The number of nitrogens with two attached hydrogens (primary N) is 1. The zero-order valence-electron chi connectivity index (χ0n) is 10.3. The van der Waals surface area contributed by atoms with Crippen molar-refractivity contribution in [2.75, 3.05) is 12.3 Å². The van der Waals surface area contributed by atoms with Crippen LogP contribution in [0, 0.1) is 0 Å². The van der Waals surface area contributed by atoms with Gasteiger partial charge < -0.3 is 10.5 Å². The number of anilines is 1. The summed E-state index contributed by atoms with van der Waals surface area (Å²) >= 11 is 0. The van der Waals surface area contributed by atoms with Gasteiger partial charge in [-0.15, -0.1) is 5.10 Å². The van der Waals surface area contributed by atoms with Crippen LogP contribution in [0.3, 0.4) is 0 Å². The first-order chi connectivity index (χ1) is 8.75. The van der Waals surface area contributed by atoms with Gasteiger partial charge in [-0.3, -0.25) is 4.68 Å². The Hall–Kier alpha value is -1.89. The van der Waals surface area contributed by atoms with Crippen LogP contribution in [0.25, 0.3) is 11.4 Å². The van der Waals surface area contributed by atoms with E-state index in [1.807, 2.05) is 17.8 Å². The molecule has 0 amide bonds. The molecule has 0 radical (unpaired) electrons. The minimum atomic E-state index is 0.207. The van der Waals surface area contributed by atoms with Gasteiger partial charge in [0.2, 0.25) is 0 Å². The first kappa shape index (κ1) is 11.2. The van der Waals surface area contributed by atoms with Gasteiger partial charge in [0.05, 0.1) is 18.3 Å². The Morgan fingerprint density at radius 3 is 3.11 bits per heavy atom. The van der Waals surface area contributed by atoms with E-state index in [4.69, 9.17) is 10.5 Å². The van der Waals surface area contributed by atoms with E-state index < -0.39 is 0 Å². The van der Waals surface area contributed by atoms with E-state index in [1.165, 1.54) is 0 Å². The van der Waals surface area contributed by atoms with Gasteiger partial charge in [-0.25, -0.2) is 4.68 Å². The van der Waals surface area contributed by atoms with Crippen molar-refractivity contribution in [3.8, 4) is 11.4 Å². The number of rotatable bonds is 3. The fourth-order valence-corrected chi connectivity index (χ4v) is 2.31. The number of nitrogens with zero attached hydrogens (tertiary/aromatic N) is 5. The second-order valence-corrected chi connectivity index (χ2v) is 4.48. The lowest BCUT2D eigenvalue weighted by Gasteiger charge is -2.11. The number of aromatic nitrogens is 5. The van der Waals surface area contributed by atoms with Crippen LogP contribution in [0.5, 0.6) is 0 Å². The molecule has 2 aromatic rings. The van der Waals surface area contributed by atoms with E-state index in [-0.39, 0.29) is 6.10 Å². The molecular weight excluding hydrogens is 232 g/mol. The average molecular weight is 248 g/mol. The summed E-state index contributed by atoms with van der Waals surface area (Å²) in [7, 11) is 1.87. The van der Waals surface area contributed by atoms with Gasteiger partial charge in [-0.05, 0) is 18.9 Å². The maximum Gasteiger partial charge on any atom is 0.175 e. The summed E-state index contributed by atoms with van der Waals surface area (Å²) in [5.41, 5.74) is 7.62. The Morgan fingerprint density at radius 1 is 1.56 bits per heavy atom. The van der Waals surface area contributed by atoms with Gasteiger partial charge in [0, 0.05) is 19.9 Å². The molecule has 7 heteroatoms. The highest BCUT2D eigenvalue weighted by Crippen LogP contribution is 2.24. The fourth-order valence-electron chi connectivity index (χ4n) is 2.31. The minimum Gasteiger partial charge on any atom is -0.380 e. The molecule has 3 heterocycles. The van der Waals surface area contributed by atoms with Crippen LogP contribution in [0.1, 0.15) is 12.8 Å². The molecule has 0 aromatic carbocycles. The lowest BCUT2D eigenvalue weighted by molar-refractivity contribution is 0.0939. The summed E-state index contributed by atoms with van der Waals surface area (Å²) in [5, 5.41) is 12.2. The molecule has 1 aliphatic rings. The smallest absolute Gasteiger partial charge is 0.175 e. The Kier molecular flexibility index (Phi) is 2.75. The number of aryl methyl sites for hydroxylation is 1. The van der Waals surface area contributed by atoms with Crippen molar-refractivity contribution in [3.63, 3.8) is 0 Å². The van der Waals surface area contributed by atoms with Gasteiger partial charge in [0.25, 0.3) is 0 Å². The first-order valence-electron chi connectivity index (χ1n) is 6.04. The van der Waals surface area contributed by atoms with Crippen LogP contribution >= 0.6 is 0 Å². The van der Waals surface area contributed by atoms with Gasteiger partial charge in [0.1, 0.15) is 5.69 Å². The summed E-state index contributed by atoms with van der Waals surface area (Å²) in [6.07, 6.45) is 4.11. The van der Waals surface area contributed by atoms with Crippen LogP contribution in [0.15, 0.2) is 12.3 Å². The second kappa shape index (κ2) is 4.41. The summed E-state index contributed by atoms with van der Waals surface area (Å²) in [6, 6.07) is 1.90. The van der Waals surface area contributed by atoms with E-state index in [9.17, 15) is 0 Å². The molecule has 1 atom stereocenters. The van der Waals surface area contributed by atoms with Crippen molar-refractivity contribution in [1.82, 2.24) is 24.8 Å². The topological polar surface area (TPSA) is 83.8 Å². The fraction of sp³-hybridized carbons (Fsp3) is 0.545. The molecule has 0 aliphatic carbocycles. The summed E-state index contributed by atoms with van der Waals surface area (Å²) in [4.78, 5) is 0. The standard InChI is InChI=1S/C11H16N6O/c1-16-9(4-5-13-16)10-11(12)14-15-17(10)7-8-3-2-6-18-8/h4-5,8H,2-3,6-7,12H2,1H3. The van der Waals surface area contributed by atoms with Crippen LogP contribution in [0.4, 0.5) is 5.82 Å².